The van der Waals surface area contributed by atoms with E-state index in [1.165, 1.54) is 30.3 Å². The van der Waals surface area contributed by atoms with E-state index in [0.717, 1.165) is 5.56 Å². The van der Waals surface area contributed by atoms with Gasteiger partial charge in [0.2, 0.25) is 0 Å². The average Bonchev–Trinajstić information content (AvgIpc) is 2.70. The first kappa shape index (κ1) is 21.0. The van der Waals surface area contributed by atoms with E-state index in [9.17, 15) is 19.3 Å². The van der Waals surface area contributed by atoms with Gasteiger partial charge >= 0.3 is 6.09 Å². The fourth-order valence-corrected chi connectivity index (χ4v) is 3.12. The molecule has 1 aliphatic rings. The monoisotopic (exact) mass is 423 g/mol. The highest BCUT2D eigenvalue weighted by Crippen LogP contribution is 2.19. The Bertz CT molecular complexity index is 881. The number of carbonyl (C=O) groups is 1. The second-order valence-electron chi connectivity index (χ2n) is 6.50. The number of morpholine rings is 1. The van der Waals surface area contributed by atoms with E-state index >= 15 is 0 Å². The third kappa shape index (κ3) is 6.11. The van der Waals surface area contributed by atoms with E-state index in [2.05, 4.69) is 10.2 Å². The van der Waals surface area contributed by atoms with Gasteiger partial charge < -0.3 is 14.8 Å². The van der Waals surface area contributed by atoms with Crippen molar-refractivity contribution in [3.8, 4) is 5.75 Å². The third-order valence-corrected chi connectivity index (χ3v) is 4.63. The highest BCUT2D eigenvalue weighted by molar-refractivity contribution is 6.30. The predicted molar refractivity (Wildman–Crippen MR) is 104 cm³/mol. The molecule has 0 spiro atoms. The van der Waals surface area contributed by atoms with Crippen LogP contribution in [0.5, 0.6) is 5.75 Å². The number of ether oxygens (including phenoxy) is 2. The molecule has 0 saturated carbocycles. The highest BCUT2D eigenvalue weighted by atomic mass is 35.5. The topological polar surface area (TPSA) is 93.9 Å². The summed E-state index contributed by atoms with van der Waals surface area (Å²) in [7, 11) is 0. The molecule has 1 saturated heterocycles. The van der Waals surface area contributed by atoms with Gasteiger partial charge in [0, 0.05) is 38.3 Å². The van der Waals surface area contributed by atoms with Crippen LogP contribution in [0.4, 0.5) is 14.9 Å². The van der Waals surface area contributed by atoms with Crippen LogP contribution in [0.3, 0.4) is 0 Å². The number of non-ortho nitro benzene ring substituents is 1. The lowest BCUT2D eigenvalue weighted by molar-refractivity contribution is -0.384. The van der Waals surface area contributed by atoms with Crippen molar-refractivity contribution in [2.24, 2.45) is 0 Å². The lowest BCUT2D eigenvalue weighted by Crippen LogP contribution is -2.47. The molecule has 0 bridgehead atoms. The summed E-state index contributed by atoms with van der Waals surface area (Å²) >= 11 is 5.82. The summed E-state index contributed by atoms with van der Waals surface area (Å²) in [4.78, 5) is 24.2. The molecular weight excluding hydrogens is 405 g/mol. The molecule has 0 radical (unpaired) electrons. The fourth-order valence-electron chi connectivity index (χ4n) is 2.92. The standard InChI is InChI=1S/C19H19ClFN3O5/c20-17-9-13(1-6-18(17)21)11-23-7-8-28-16(12-23)10-22-19(25)29-15-4-2-14(3-5-15)24(26)27/h1-6,9,16H,7-8,10-12H2,(H,22,25). The Morgan fingerprint density at radius 1 is 1.34 bits per heavy atom. The molecule has 154 valence electrons. The van der Waals surface area contributed by atoms with E-state index in [1.807, 2.05) is 0 Å². The van der Waals surface area contributed by atoms with Crippen molar-refractivity contribution < 1.29 is 23.6 Å². The van der Waals surface area contributed by atoms with Gasteiger partial charge in [-0.15, -0.1) is 0 Å². The number of nitro benzene ring substituents is 1. The number of benzene rings is 2. The van der Waals surface area contributed by atoms with Crippen LogP contribution in [-0.4, -0.2) is 48.3 Å². The molecule has 8 nitrogen and oxygen atoms in total. The van der Waals surface area contributed by atoms with Crippen LogP contribution >= 0.6 is 11.6 Å². The van der Waals surface area contributed by atoms with Crippen LogP contribution in [-0.2, 0) is 11.3 Å². The van der Waals surface area contributed by atoms with Crippen LogP contribution in [0.25, 0.3) is 0 Å². The minimum absolute atomic E-state index is 0.0861. The Kier molecular flexibility index (Phi) is 6.97. The van der Waals surface area contributed by atoms with E-state index in [1.54, 1.807) is 12.1 Å². The predicted octanol–water partition coefficient (Wildman–Crippen LogP) is 3.38. The van der Waals surface area contributed by atoms with Crippen molar-refractivity contribution >= 4 is 23.4 Å². The molecule has 2 aromatic rings. The Morgan fingerprint density at radius 2 is 2.10 bits per heavy atom. The molecule has 1 amide bonds. The van der Waals surface area contributed by atoms with E-state index in [4.69, 9.17) is 21.1 Å². The summed E-state index contributed by atoms with van der Waals surface area (Å²) in [5.74, 6) is -0.251. The first-order valence-electron chi connectivity index (χ1n) is 8.89. The van der Waals surface area contributed by atoms with Crippen molar-refractivity contribution in [1.82, 2.24) is 10.2 Å². The third-order valence-electron chi connectivity index (χ3n) is 4.35. The summed E-state index contributed by atoms with van der Waals surface area (Å²) in [6.45, 7) is 2.61. The number of nitrogens with zero attached hydrogens (tertiary/aromatic N) is 2. The quantitative estimate of drug-likeness (QED) is 0.565. The van der Waals surface area contributed by atoms with Gasteiger partial charge in [0.25, 0.3) is 5.69 Å². The van der Waals surface area contributed by atoms with Gasteiger partial charge in [-0.2, -0.15) is 0 Å². The molecule has 1 atom stereocenters. The maximum atomic E-state index is 13.3. The number of hydrogen-bond donors (Lipinski definition) is 1. The molecule has 29 heavy (non-hydrogen) atoms. The molecular formula is C19H19ClFN3O5. The Hall–Kier alpha value is -2.75. The van der Waals surface area contributed by atoms with Gasteiger partial charge in [0.15, 0.2) is 0 Å². The van der Waals surface area contributed by atoms with Crippen LogP contribution in [0.1, 0.15) is 5.56 Å². The average molecular weight is 424 g/mol. The minimum atomic E-state index is -0.676. The maximum absolute atomic E-state index is 13.3. The summed E-state index contributed by atoms with van der Waals surface area (Å²) in [6, 6.07) is 9.84. The molecule has 3 rings (SSSR count). The number of nitro groups is 1. The van der Waals surface area contributed by atoms with Crippen LogP contribution < -0.4 is 10.1 Å². The number of nitrogens with one attached hydrogen (secondary N) is 1. The van der Waals surface area contributed by atoms with Gasteiger partial charge in [-0.3, -0.25) is 15.0 Å². The van der Waals surface area contributed by atoms with Crippen molar-refractivity contribution in [3.05, 3.63) is 69.0 Å². The number of amides is 1. The first-order valence-corrected chi connectivity index (χ1v) is 9.26. The summed E-state index contributed by atoms with van der Waals surface area (Å²) in [5, 5.41) is 13.3. The zero-order valence-corrected chi connectivity index (χ0v) is 16.1. The van der Waals surface area contributed by atoms with Crippen molar-refractivity contribution in [1.29, 1.82) is 0 Å². The largest absolute Gasteiger partial charge is 0.412 e. The second-order valence-corrected chi connectivity index (χ2v) is 6.91. The lowest BCUT2D eigenvalue weighted by Gasteiger charge is -2.33. The minimum Gasteiger partial charge on any atom is -0.410 e. The molecule has 0 aromatic heterocycles. The van der Waals surface area contributed by atoms with Gasteiger partial charge in [0.1, 0.15) is 11.6 Å². The smallest absolute Gasteiger partial charge is 0.410 e. The zero-order chi connectivity index (χ0) is 20.8. The summed E-state index contributed by atoms with van der Waals surface area (Å²) < 4.78 is 24.0. The molecule has 0 aliphatic carbocycles. The number of hydrogen-bond acceptors (Lipinski definition) is 6. The molecule has 1 fully saturated rings. The first-order chi connectivity index (χ1) is 13.9. The summed E-state index contributed by atoms with van der Waals surface area (Å²) in [6.07, 6.45) is -0.908. The van der Waals surface area contributed by atoms with E-state index in [0.29, 0.717) is 26.2 Å². The Morgan fingerprint density at radius 3 is 2.79 bits per heavy atom. The molecule has 2 aromatic carbocycles. The molecule has 1 aliphatic heterocycles. The fraction of sp³-hybridized carbons (Fsp3) is 0.316. The molecule has 1 unspecified atom stereocenters. The van der Waals surface area contributed by atoms with Crippen LogP contribution in [0.15, 0.2) is 42.5 Å². The Labute approximate surface area is 171 Å². The van der Waals surface area contributed by atoms with Crippen molar-refractivity contribution in [2.45, 2.75) is 12.6 Å². The maximum Gasteiger partial charge on any atom is 0.412 e. The van der Waals surface area contributed by atoms with Gasteiger partial charge in [0.05, 0.1) is 22.7 Å². The van der Waals surface area contributed by atoms with Crippen LogP contribution in [0.2, 0.25) is 5.02 Å². The van der Waals surface area contributed by atoms with E-state index in [-0.39, 0.29) is 29.1 Å². The SMILES string of the molecule is O=C(NCC1CN(Cc2ccc(F)c(Cl)c2)CCO1)Oc1ccc([N+](=O)[O-])cc1. The number of carbonyl (C=O) groups excluding carboxylic acids is 1. The zero-order valence-electron chi connectivity index (χ0n) is 15.3. The van der Waals surface area contributed by atoms with Gasteiger partial charge in [-0.05, 0) is 29.8 Å². The number of halogens is 2. The number of rotatable bonds is 6. The van der Waals surface area contributed by atoms with Crippen molar-refractivity contribution in [3.63, 3.8) is 0 Å². The van der Waals surface area contributed by atoms with Crippen molar-refractivity contribution in [2.75, 3.05) is 26.2 Å². The lowest BCUT2D eigenvalue weighted by atomic mass is 10.2. The van der Waals surface area contributed by atoms with E-state index < -0.39 is 16.8 Å². The Balaban J connectivity index is 1.45. The highest BCUT2D eigenvalue weighted by Gasteiger charge is 2.21. The molecule has 1 heterocycles. The van der Waals surface area contributed by atoms with Gasteiger partial charge in [-0.25, -0.2) is 9.18 Å². The normalized spacial score (nSPS) is 17.0. The second kappa shape index (κ2) is 9.64. The van der Waals surface area contributed by atoms with Crippen LogP contribution in [0, 0.1) is 15.9 Å². The molecule has 1 N–H and O–H groups in total. The molecule has 10 heteroatoms. The van der Waals surface area contributed by atoms with Gasteiger partial charge in [-0.1, -0.05) is 17.7 Å². The summed E-state index contributed by atoms with van der Waals surface area (Å²) in [5.41, 5.74) is 0.804.